The quantitative estimate of drug-likeness (QED) is 0.603. The van der Waals surface area contributed by atoms with E-state index < -0.39 is 0 Å². The van der Waals surface area contributed by atoms with E-state index in [-0.39, 0.29) is 5.84 Å². The third-order valence-electron chi connectivity index (χ3n) is 3.67. The molecule has 17 heavy (non-hydrogen) atoms. The predicted octanol–water partition coefficient (Wildman–Crippen LogP) is 2.20. The maximum Gasteiger partial charge on any atom is 0.122 e. The van der Waals surface area contributed by atoms with Crippen molar-refractivity contribution in [3.63, 3.8) is 0 Å². The van der Waals surface area contributed by atoms with Gasteiger partial charge in [0.2, 0.25) is 0 Å². The Balaban J connectivity index is 2.02. The fourth-order valence-corrected chi connectivity index (χ4v) is 2.21. The number of hydrogen-bond acceptors (Lipinski definition) is 2. The summed E-state index contributed by atoms with van der Waals surface area (Å²) < 4.78 is 0. The van der Waals surface area contributed by atoms with Crippen LogP contribution in [0.4, 0.5) is 0 Å². The SMILES string of the molecule is CC(C1CC1)N(C)Cc1cccc(C(=N)N)c1. The van der Waals surface area contributed by atoms with Crippen LogP contribution < -0.4 is 5.73 Å². The van der Waals surface area contributed by atoms with Crippen LogP contribution in [-0.4, -0.2) is 23.8 Å². The highest BCUT2D eigenvalue weighted by Crippen LogP contribution is 2.35. The third-order valence-corrected chi connectivity index (χ3v) is 3.67. The monoisotopic (exact) mass is 231 g/mol. The summed E-state index contributed by atoms with van der Waals surface area (Å²) >= 11 is 0. The smallest absolute Gasteiger partial charge is 0.122 e. The largest absolute Gasteiger partial charge is 0.384 e. The van der Waals surface area contributed by atoms with Crippen molar-refractivity contribution >= 4 is 5.84 Å². The molecule has 1 atom stereocenters. The van der Waals surface area contributed by atoms with Crippen LogP contribution >= 0.6 is 0 Å². The Morgan fingerprint density at radius 1 is 1.53 bits per heavy atom. The number of benzene rings is 1. The highest BCUT2D eigenvalue weighted by Gasteiger charge is 2.30. The lowest BCUT2D eigenvalue weighted by Crippen LogP contribution is -2.30. The molecule has 1 aromatic carbocycles. The molecule has 0 amide bonds. The Bertz CT molecular complexity index is 410. The van der Waals surface area contributed by atoms with E-state index in [2.05, 4.69) is 24.9 Å². The van der Waals surface area contributed by atoms with Crippen LogP contribution in [0.25, 0.3) is 0 Å². The standard InChI is InChI=1S/C14H21N3/c1-10(12-6-7-12)17(2)9-11-4-3-5-13(8-11)14(15)16/h3-5,8,10,12H,6-7,9H2,1-2H3,(H3,15,16). The van der Waals surface area contributed by atoms with Crippen LogP contribution in [0.15, 0.2) is 24.3 Å². The lowest BCUT2D eigenvalue weighted by molar-refractivity contribution is 0.226. The molecule has 0 heterocycles. The van der Waals surface area contributed by atoms with E-state index in [0.29, 0.717) is 6.04 Å². The Labute approximate surface area is 103 Å². The van der Waals surface area contributed by atoms with Gasteiger partial charge in [0.1, 0.15) is 5.84 Å². The number of rotatable bonds is 5. The Morgan fingerprint density at radius 2 is 2.24 bits per heavy atom. The number of nitrogen functional groups attached to an aromatic ring is 1. The number of nitrogens with zero attached hydrogens (tertiary/aromatic N) is 1. The molecular formula is C14H21N3. The first-order valence-electron chi connectivity index (χ1n) is 6.21. The van der Waals surface area contributed by atoms with Crippen molar-refractivity contribution in [2.24, 2.45) is 11.7 Å². The molecule has 1 aliphatic carbocycles. The zero-order chi connectivity index (χ0) is 12.4. The predicted molar refractivity (Wildman–Crippen MR) is 71.1 cm³/mol. The second-order valence-electron chi connectivity index (χ2n) is 5.11. The molecule has 0 bridgehead atoms. The van der Waals surface area contributed by atoms with Gasteiger partial charge < -0.3 is 5.73 Å². The van der Waals surface area contributed by atoms with Gasteiger partial charge in [-0.25, -0.2) is 0 Å². The second kappa shape index (κ2) is 4.88. The van der Waals surface area contributed by atoms with Gasteiger partial charge in [-0.05, 0) is 44.4 Å². The summed E-state index contributed by atoms with van der Waals surface area (Å²) in [5.74, 6) is 1.03. The number of nitrogens with one attached hydrogen (secondary N) is 1. The first kappa shape index (κ1) is 12.1. The summed E-state index contributed by atoms with van der Waals surface area (Å²) in [5.41, 5.74) is 7.55. The van der Waals surface area contributed by atoms with E-state index in [1.807, 2.05) is 18.2 Å². The Hall–Kier alpha value is -1.35. The molecule has 0 aliphatic heterocycles. The van der Waals surface area contributed by atoms with Crippen LogP contribution in [0.1, 0.15) is 30.9 Å². The Kier molecular flexibility index (Phi) is 3.48. The summed E-state index contributed by atoms with van der Waals surface area (Å²) in [6.45, 7) is 3.23. The van der Waals surface area contributed by atoms with Crippen molar-refractivity contribution in [3.8, 4) is 0 Å². The molecule has 1 aromatic rings. The van der Waals surface area contributed by atoms with Crippen molar-refractivity contribution in [1.82, 2.24) is 4.90 Å². The maximum atomic E-state index is 7.44. The third kappa shape index (κ3) is 3.07. The van der Waals surface area contributed by atoms with Gasteiger partial charge in [0, 0.05) is 18.2 Å². The molecule has 0 aromatic heterocycles. The van der Waals surface area contributed by atoms with E-state index in [0.717, 1.165) is 18.0 Å². The van der Waals surface area contributed by atoms with Gasteiger partial charge in [-0.2, -0.15) is 0 Å². The average Bonchev–Trinajstić information content (AvgIpc) is 3.12. The van der Waals surface area contributed by atoms with Crippen molar-refractivity contribution in [1.29, 1.82) is 5.41 Å². The molecule has 1 fully saturated rings. The molecule has 0 spiro atoms. The number of amidine groups is 1. The molecule has 1 unspecified atom stereocenters. The van der Waals surface area contributed by atoms with E-state index in [1.54, 1.807) is 0 Å². The van der Waals surface area contributed by atoms with Crippen LogP contribution in [0.2, 0.25) is 0 Å². The first-order chi connectivity index (χ1) is 8.08. The topological polar surface area (TPSA) is 53.1 Å². The summed E-state index contributed by atoms with van der Waals surface area (Å²) in [6, 6.07) is 8.62. The summed E-state index contributed by atoms with van der Waals surface area (Å²) in [6.07, 6.45) is 2.75. The highest BCUT2D eigenvalue weighted by atomic mass is 15.1. The van der Waals surface area contributed by atoms with E-state index in [9.17, 15) is 0 Å². The minimum Gasteiger partial charge on any atom is -0.384 e. The van der Waals surface area contributed by atoms with Crippen molar-refractivity contribution in [2.45, 2.75) is 32.4 Å². The van der Waals surface area contributed by atoms with Gasteiger partial charge in [0.25, 0.3) is 0 Å². The van der Waals surface area contributed by atoms with E-state index in [1.165, 1.54) is 18.4 Å². The maximum absolute atomic E-state index is 7.44. The zero-order valence-corrected chi connectivity index (χ0v) is 10.6. The van der Waals surface area contributed by atoms with Crippen molar-refractivity contribution in [3.05, 3.63) is 35.4 Å². The molecule has 2 rings (SSSR count). The Morgan fingerprint density at radius 3 is 2.82 bits per heavy atom. The first-order valence-corrected chi connectivity index (χ1v) is 6.21. The lowest BCUT2D eigenvalue weighted by atomic mass is 10.1. The van der Waals surface area contributed by atoms with Gasteiger partial charge in [0.15, 0.2) is 0 Å². The molecule has 1 saturated carbocycles. The average molecular weight is 231 g/mol. The van der Waals surface area contributed by atoms with Gasteiger partial charge in [-0.15, -0.1) is 0 Å². The fraction of sp³-hybridized carbons (Fsp3) is 0.500. The van der Waals surface area contributed by atoms with E-state index >= 15 is 0 Å². The van der Waals surface area contributed by atoms with Crippen LogP contribution in [0, 0.1) is 11.3 Å². The van der Waals surface area contributed by atoms with Gasteiger partial charge in [-0.3, -0.25) is 10.3 Å². The van der Waals surface area contributed by atoms with Gasteiger partial charge in [-0.1, -0.05) is 18.2 Å². The minimum atomic E-state index is 0.143. The molecule has 3 N–H and O–H groups in total. The zero-order valence-electron chi connectivity index (χ0n) is 10.6. The molecule has 3 heteroatoms. The number of nitrogens with two attached hydrogens (primary N) is 1. The summed E-state index contributed by atoms with van der Waals surface area (Å²) in [5, 5.41) is 7.44. The van der Waals surface area contributed by atoms with Crippen LogP contribution in [-0.2, 0) is 6.54 Å². The lowest BCUT2D eigenvalue weighted by Gasteiger charge is -2.24. The molecule has 92 valence electrons. The normalized spacial score (nSPS) is 17.1. The number of hydrogen-bond donors (Lipinski definition) is 2. The summed E-state index contributed by atoms with van der Waals surface area (Å²) in [7, 11) is 2.17. The van der Waals surface area contributed by atoms with Crippen molar-refractivity contribution in [2.75, 3.05) is 7.05 Å². The second-order valence-corrected chi connectivity index (χ2v) is 5.11. The molecule has 0 saturated heterocycles. The van der Waals surface area contributed by atoms with Crippen LogP contribution in [0.5, 0.6) is 0 Å². The van der Waals surface area contributed by atoms with Crippen LogP contribution in [0.3, 0.4) is 0 Å². The molecule has 0 radical (unpaired) electrons. The minimum absolute atomic E-state index is 0.143. The highest BCUT2D eigenvalue weighted by molar-refractivity contribution is 5.95. The summed E-state index contributed by atoms with van der Waals surface area (Å²) in [4.78, 5) is 2.39. The van der Waals surface area contributed by atoms with Crippen molar-refractivity contribution < 1.29 is 0 Å². The molecular weight excluding hydrogens is 210 g/mol. The van der Waals surface area contributed by atoms with E-state index in [4.69, 9.17) is 11.1 Å². The van der Waals surface area contributed by atoms with Gasteiger partial charge >= 0.3 is 0 Å². The fourth-order valence-electron chi connectivity index (χ4n) is 2.21. The molecule has 1 aliphatic rings. The van der Waals surface area contributed by atoms with Gasteiger partial charge in [0.05, 0.1) is 0 Å². The molecule has 3 nitrogen and oxygen atoms in total.